The molecule has 104 valence electrons. The lowest BCUT2D eigenvalue weighted by Crippen LogP contribution is -1.96. The molecule has 0 fully saturated rings. The molecule has 0 aromatic heterocycles. The summed E-state index contributed by atoms with van der Waals surface area (Å²) in [6.07, 6.45) is 0. The Morgan fingerprint density at radius 2 is 1.95 bits per heavy atom. The van der Waals surface area contributed by atoms with Crippen LogP contribution in [0.25, 0.3) is 0 Å². The molecule has 0 aliphatic heterocycles. The first-order valence-corrected chi connectivity index (χ1v) is 7.55. The Labute approximate surface area is 127 Å². The number of halogens is 1. The Kier molecular flexibility index (Phi) is 4.73. The molecule has 0 saturated carbocycles. The summed E-state index contributed by atoms with van der Waals surface area (Å²) in [6.45, 7) is 4.15. The van der Waals surface area contributed by atoms with Crippen LogP contribution in [0.4, 0.5) is 0 Å². The van der Waals surface area contributed by atoms with Crippen molar-refractivity contribution in [3.05, 3.63) is 63.7 Å². The van der Waals surface area contributed by atoms with E-state index in [-0.39, 0.29) is 5.56 Å². The molecule has 0 aliphatic carbocycles. The van der Waals surface area contributed by atoms with Crippen LogP contribution in [0, 0.1) is 13.8 Å². The van der Waals surface area contributed by atoms with Crippen LogP contribution < -0.4 is 0 Å². The van der Waals surface area contributed by atoms with Crippen molar-refractivity contribution in [1.82, 2.24) is 0 Å². The highest BCUT2D eigenvalue weighted by atomic mass is 35.5. The van der Waals surface area contributed by atoms with Crippen molar-refractivity contribution in [3.8, 4) is 0 Å². The molecule has 0 aliphatic rings. The monoisotopic (exact) mass is 306 g/mol. The van der Waals surface area contributed by atoms with E-state index in [1.54, 1.807) is 23.9 Å². The van der Waals surface area contributed by atoms with Gasteiger partial charge in [0.15, 0.2) is 0 Å². The molecular formula is C16H15ClO2S. The quantitative estimate of drug-likeness (QED) is 0.812. The second kappa shape index (κ2) is 6.33. The van der Waals surface area contributed by atoms with Gasteiger partial charge in [0.2, 0.25) is 0 Å². The van der Waals surface area contributed by atoms with Crippen molar-refractivity contribution in [1.29, 1.82) is 0 Å². The van der Waals surface area contributed by atoms with Crippen LogP contribution in [0.2, 0.25) is 5.02 Å². The fourth-order valence-corrected chi connectivity index (χ4v) is 3.27. The topological polar surface area (TPSA) is 37.3 Å². The van der Waals surface area contributed by atoms with Gasteiger partial charge in [-0.25, -0.2) is 4.79 Å². The number of carboxylic acid groups (broad SMARTS) is 1. The van der Waals surface area contributed by atoms with Crippen molar-refractivity contribution in [3.63, 3.8) is 0 Å². The third-order valence-corrected chi connectivity index (χ3v) is 4.58. The lowest BCUT2D eigenvalue weighted by atomic mass is 10.1. The van der Waals surface area contributed by atoms with Gasteiger partial charge in [-0.3, -0.25) is 0 Å². The van der Waals surface area contributed by atoms with Gasteiger partial charge in [-0.15, -0.1) is 11.8 Å². The first-order valence-electron chi connectivity index (χ1n) is 6.19. The average Bonchev–Trinajstić information content (AvgIpc) is 2.40. The molecule has 4 heteroatoms. The number of rotatable bonds is 4. The second-order valence-electron chi connectivity index (χ2n) is 4.67. The van der Waals surface area contributed by atoms with Gasteiger partial charge in [0.1, 0.15) is 0 Å². The van der Waals surface area contributed by atoms with Crippen LogP contribution in [0.15, 0.2) is 41.3 Å². The highest BCUT2D eigenvalue weighted by Gasteiger charge is 2.08. The van der Waals surface area contributed by atoms with Crippen LogP contribution in [0.3, 0.4) is 0 Å². The number of carboxylic acids is 1. The van der Waals surface area contributed by atoms with Gasteiger partial charge in [-0.1, -0.05) is 35.4 Å². The third-order valence-electron chi connectivity index (χ3n) is 3.03. The van der Waals surface area contributed by atoms with Gasteiger partial charge >= 0.3 is 5.97 Å². The van der Waals surface area contributed by atoms with Crippen LogP contribution in [-0.4, -0.2) is 11.1 Å². The predicted octanol–water partition coefficient (Wildman–Crippen LogP) is 4.95. The van der Waals surface area contributed by atoms with Gasteiger partial charge in [-0.2, -0.15) is 0 Å². The van der Waals surface area contributed by atoms with Gasteiger partial charge in [0.05, 0.1) is 5.56 Å². The molecule has 0 saturated heterocycles. The van der Waals surface area contributed by atoms with Crippen molar-refractivity contribution in [2.75, 3.05) is 0 Å². The SMILES string of the molecule is Cc1ccc(C)c(SCc2ccc(C(=O)O)cc2Cl)c1. The van der Waals surface area contributed by atoms with Gasteiger partial charge in [-0.05, 0) is 43.2 Å². The van der Waals surface area contributed by atoms with Crippen molar-refractivity contribution in [2.45, 2.75) is 24.5 Å². The molecule has 0 bridgehead atoms. The summed E-state index contributed by atoms with van der Waals surface area (Å²) in [5, 5.41) is 9.41. The smallest absolute Gasteiger partial charge is 0.335 e. The number of hydrogen-bond acceptors (Lipinski definition) is 2. The fourth-order valence-electron chi connectivity index (χ4n) is 1.82. The summed E-state index contributed by atoms with van der Waals surface area (Å²) >= 11 is 7.84. The first kappa shape index (κ1) is 14.9. The number of aromatic carboxylic acids is 1. The molecule has 2 nitrogen and oxygen atoms in total. The number of thioether (sulfide) groups is 1. The Morgan fingerprint density at radius 1 is 1.20 bits per heavy atom. The minimum atomic E-state index is -0.958. The molecule has 0 spiro atoms. The van der Waals surface area contributed by atoms with E-state index in [1.165, 1.54) is 22.1 Å². The molecule has 2 rings (SSSR count). The Hall–Kier alpha value is -1.45. The fraction of sp³-hybridized carbons (Fsp3) is 0.188. The zero-order chi connectivity index (χ0) is 14.7. The zero-order valence-electron chi connectivity index (χ0n) is 11.3. The zero-order valence-corrected chi connectivity index (χ0v) is 12.9. The minimum Gasteiger partial charge on any atom is -0.478 e. The highest BCUT2D eigenvalue weighted by molar-refractivity contribution is 7.98. The van der Waals surface area contributed by atoms with E-state index >= 15 is 0 Å². The van der Waals surface area contributed by atoms with E-state index in [0.717, 1.165) is 11.3 Å². The third kappa shape index (κ3) is 3.56. The van der Waals surface area contributed by atoms with E-state index in [4.69, 9.17) is 16.7 Å². The molecule has 0 amide bonds. The van der Waals surface area contributed by atoms with Gasteiger partial charge in [0, 0.05) is 15.7 Å². The van der Waals surface area contributed by atoms with Crippen LogP contribution in [0.5, 0.6) is 0 Å². The van der Waals surface area contributed by atoms with Crippen molar-refractivity contribution >= 4 is 29.3 Å². The normalized spacial score (nSPS) is 10.6. The number of hydrogen-bond donors (Lipinski definition) is 1. The Balaban J connectivity index is 2.15. The van der Waals surface area contributed by atoms with E-state index in [9.17, 15) is 4.79 Å². The molecule has 1 N–H and O–H groups in total. The molecule has 2 aromatic carbocycles. The summed E-state index contributed by atoms with van der Waals surface area (Å²) in [4.78, 5) is 12.1. The summed E-state index contributed by atoms with van der Waals surface area (Å²) in [6, 6.07) is 11.2. The number of benzene rings is 2. The summed E-state index contributed by atoms with van der Waals surface area (Å²) in [7, 11) is 0. The Morgan fingerprint density at radius 3 is 2.60 bits per heavy atom. The van der Waals surface area contributed by atoms with E-state index < -0.39 is 5.97 Å². The molecular weight excluding hydrogens is 292 g/mol. The maximum atomic E-state index is 10.9. The van der Waals surface area contributed by atoms with Crippen LogP contribution in [-0.2, 0) is 5.75 Å². The van der Waals surface area contributed by atoms with E-state index in [1.807, 2.05) is 0 Å². The highest BCUT2D eigenvalue weighted by Crippen LogP contribution is 2.30. The van der Waals surface area contributed by atoms with E-state index in [2.05, 4.69) is 32.0 Å². The first-order chi connectivity index (χ1) is 9.47. The maximum absolute atomic E-state index is 10.9. The minimum absolute atomic E-state index is 0.218. The summed E-state index contributed by atoms with van der Waals surface area (Å²) in [5.74, 6) is -0.233. The number of carbonyl (C=O) groups is 1. The molecule has 0 radical (unpaired) electrons. The maximum Gasteiger partial charge on any atom is 0.335 e. The number of aryl methyl sites for hydroxylation is 2. The lowest BCUT2D eigenvalue weighted by molar-refractivity contribution is 0.0697. The molecule has 0 heterocycles. The van der Waals surface area contributed by atoms with Crippen molar-refractivity contribution < 1.29 is 9.90 Å². The predicted molar refractivity (Wildman–Crippen MR) is 83.9 cm³/mol. The Bertz CT molecular complexity index is 653. The van der Waals surface area contributed by atoms with Crippen LogP contribution >= 0.6 is 23.4 Å². The van der Waals surface area contributed by atoms with Crippen molar-refractivity contribution in [2.24, 2.45) is 0 Å². The van der Waals surface area contributed by atoms with E-state index in [0.29, 0.717) is 5.02 Å². The summed E-state index contributed by atoms with van der Waals surface area (Å²) in [5.41, 5.74) is 3.63. The molecule has 20 heavy (non-hydrogen) atoms. The second-order valence-corrected chi connectivity index (χ2v) is 6.09. The summed E-state index contributed by atoms with van der Waals surface area (Å²) < 4.78 is 0. The molecule has 0 atom stereocenters. The average molecular weight is 307 g/mol. The molecule has 0 unspecified atom stereocenters. The standard InChI is InChI=1S/C16H15ClO2S/c1-10-3-4-11(2)15(7-10)20-9-13-6-5-12(16(18)19)8-14(13)17/h3-8H,9H2,1-2H3,(H,18,19). The van der Waals surface area contributed by atoms with Gasteiger partial charge < -0.3 is 5.11 Å². The molecule has 2 aromatic rings. The van der Waals surface area contributed by atoms with Gasteiger partial charge in [0.25, 0.3) is 0 Å². The van der Waals surface area contributed by atoms with Crippen LogP contribution in [0.1, 0.15) is 27.0 Å². The lowest BCUT2D eigenvalue weighted by Gasteiger charge is -2.08. The largest absolute Gasteiger partial charge is 0.478 e.